The van der Waals surface area contributed by atoms with Crippen molar-refractivity contribution in [1.29, 1.82) is 0 Å². The molecule has 3 heteroatoms. The van der Waals surface area contributed by atoms with Gasteiger partial charge in [-0.05, 0) is 38.9 Å². The fourth-order valence-electron chi connectivity index (χ4n) is 2.56. The summed E-state index contributed by atoms with van der Waals surface area (Å²) in [4.78, 5) is 7.28. The van der Waals surface area contributed by atoms with Gasteiger partial charge in [-0.3, -0.25) is 4.90 Å². The molecule has 21 heavy (non-hydrogen) atoms. The van der Waals surface area contributed by atoms with Gasteiger partial charge in [0.1, 0.15) is 5.82 Å². The summed E-state index contributed by atoms with van der Waals surface area (Å²) in [6, 6.07) is 11.2. The van der Waals surface area contributed by atoms with Crippen LogP contribution in [0.3, 0.4) is 0 Å². The van der Waals surface area contributed by atoms with Gasteiger partial charge in [0.05, 0.1) is 5.52 Å². The number of para-hydroxylation sites is 1. The lowest BCUT2D eigenvalue weighted by Gasteiger charge is -2.26. The highest BCUT2D eigenvalue weighted by atomic mass is 15.1. The van der Waals surface area contributed by atoms with E-state index < -0.39 is 0 Å². The van der Waals surface area contributed by atoms with Crippen LogP contribution in [0.15, 0.2) is 30.3 Å². The molecule has 1 aromatic heterocycles. The molecule has 0 bridgehead atoms. The van der Waals surface area contributed by atoms with E-state index in [4.69, 9.17) is 4.98 Å². The Hall–Kier alpha value is -1.61. The van der Waals surface area contributed by atoms with Gasteiger partial charge in [-0.2, -0.15) is 0 Å². The Labute approximate surface area is 128 Å². The molecule has 0 aliphatic rings. The van der Waals surface area contributed by atoms with E-state index in [1.54, 1.807) is 0 Å². The van der Waals surface area contributed by atoms with Crippen LogP contribution in [-0.4, -0.2) is 29.0 Å². The molecule has 3 nitrogen and oxygen atoms in total. The molecule has 0 saturated heterocycles. The number of nitrogens with zero attached hydrogens (tertiary/aromatic N) is 2. The van der Waals surface area contributed by atoms with Gasteiger partial charge in [0, 0.05) is 30.1 Å². The van der Waals surface area contributed by atoms with E-state index in [2.05, 4.69) is 62.2 Å². The van der Waals surface area contributed by atoms with E-state index in [0.717, 1.165) is 37.4 Å². The third kappa shape index (κ3) is 3.94. The number of nitrogens with one attached hydrogen (secondary N) is 1. The lowest BCUT2D eigenvalue weighted by atomic mass is 10.1. The van der Waals surface area contributed by atoms with Gasteiger partial charge in [0.2, 0.25) is 0 Å². The van der Waals surface area contributed by atoms with Crippen LogP contribution in [0.2, 0.25) is 0 Å². The van der Waals surface area contributed by atoms with Crippen molar-refractivity contribution in [3.63, 3.8) is 0 Å². The fourth-order valence-corrected chi connectivity index (χ4v) is 2.56. The number of hydrogen-bond acceptors (Lipinski definition) is 3. The lowest BCUT2D eigenvalue weighted by molar-refractivity contribution is 0.225. The van der Waals surface area contributed by atoms with E-state index in [1.807, 2.05) is 6.07 Å². The first kappa shape index (κ1) is 15.8. The minimum Gasteiger partial charge on any atom is -0.370 e. The SMILES string of the molecule is CCCNc1nc2ccccc2cc1CN(CC)C(C)C. The second-order valence-electron chi connectivity index (χ2n) is 5.77. The van der Waals surface area contributed by atoms with E-state index >= 15 is 0 Å². The minimum atomic E-state index is 0.542. The van der Waals surface area contributed by atoms with Crippen LogP contribution in [0.25, 0.3) is 10.9 Å². The summed E-state index contributed by atoms with van der Waals surface area (Å²) in [6.07, 6.45) is 1.11. The quantitative estimate of drug-likeness (QED) is 0.822. The maximum Gasteiger partial charge on any atom is 0.131 e. The number of pyridine rings is 1. The third-order valence-corrected chi connectivity index (χ3v) is 3.86. The number of hydrogen-bond donors (Lipinski definition) is 1. The zero-order chi connectivity index (χ0) is 15.2. The number of aromatic nitrogens is 1. The van der Waals surface area contributed by atoms with E-state index in [1.165, 1.54) is 10.9 Å². The number of fused-ring (bicyclic) bond motifs is 1. The van der Waals surface area contributed by atoms with Gasteiger partial charge < -0.3 is 5.32 Å². The molecule has 0 aliphatic heterocycles. The monoisotopic (exact) mass is 285 g/mol. The molecule has 1 heterocycles. The molecule has 0 unspecified atom stereocenters. The maximum atomic E-state index is 4.82. The Balaban J connectivity index is 2.37. The lowest BCUT2D eigenvalue weighted by Crippen LogP contribution is -2.30. The minimum absolute atomic E-state index is 0.542. The van der Waals surface area contributed by atoms with Crippen molar-refractivity contribution >= 4 is 16.7 Å². The average molecular weight is 285 g/mol. The molecule has 0 atom stereocenters. The molecule has 114 valence electrons. The highest BCUT2D eigenvalue weighted by Crippen LogP contribution is 2.22. The summed E-state index contributed by atoms with van der Waals surface area (Å²) < 4.78 is 0. The summed E-state index contributed by atoms with van der Waals surface area (Å²) in [7, 11) is 0. The molecule has 2 aromatic rings. The molecule has 0 amide bonds. The van der Waals surface area contributed by atoms with Crippen LogP contribution in [-0.2, 0) is 6.54 Å². The van der Waals surface area contributed by atoms with Crippen molar-refractivity contribution in [2.75, 3.05) is 18.4 Å². The highest BCUT2D eigenvalue weighted by Gasteiger charge is 2.12. The molecule has 1 N–H and O–H groups in total. The Kier molecular flexibility index (Phi) is 5.57. The largest absolute Gasteiger partial charge is 0.370 e. The van der Waals surface area contributed by atoms with Crippen molar-refractivity contribution in [2.45, 2.75) is 46.7 Å². The summed E-state index contributed by atoms with van der Waals surface area (Å²) in [5, 5.41) is 4.70. The predicted molar refractivity (Wildman–Crippen MR) is 91.7 cm³/mol. The molecule has 0 aliphatic carbocycles. The van der Waals surface area contributed by atoms with Gasteiger partial charge in [-0.1, -0.05) is 32.0 Å². The summed E-state index contributed by atoms with van der Waals surface area (Å²) in [5.41, 5.74) is 2.35. The van der Waals surface area contributed by atoms with E-state index in [9.17, 15) is 0 Å². The van der Waals surface area contributed by atoms with Gasteiger partial charge in [0.15, 0.2) is 0 Å². The first-order valence-electron chi connectivity index (χ1n) is 8.02. The molecule has 2 rings (SSSR count). The zero-order valence-corrected chi connectivity index (χ0v) is 13.7. The average Bonchev–Trinajstić information content (AvgIpc) is 2.49. The fraction of sp³-hybridized carbons (Fsp3) is 0.500. The van der Waals surface area contributed by atoms with Crippen molar-refractivity contribution < 1.29 is 0 Å². The zero-order valence-electron chi connectivity index (χ0n) is 13.7. The molecular formula is C18H27N3. The Morgan fingerprint density at radius 2 is 1.95 bits per heavy atom. The van der Waals surface area contributed by atoms with E-state index in [0.29, 0.717) is 6.04 Å². The van der Waals surface area contributed by atoms with Gasteiger partial charge in [0.25, 0.3) is 0 Å². The second-order valence-corrected chi connectivity index (χ2v) is 5.77. The van der Waals surface area contributed by atoms with Crippen molar-refractivity contribution in [2.24, 2.45) is 0 Å². The van der Waals surface area contributed by atoms with Gasteiger partial charge >= 0.3 is 0 Å². The highest BCUT2D eigenvalue weighted by molar-refractivity contribution is 5.81. The number of benzene rings is 1. The van der Waals surface area contributed by atoms with Crippen LogP contribution < -0.4 is 5.32 Å². The topological polar surface area (TPSA) is 28.2 Å². The molecule has 0 saturated carbocycles. The Bertz CT molecular complexity index is 578. The van der Waals surface area contributed by atoms with Crippen LogP contribution in [0.5, 0.6) is 0 Å². The summed E-state index contributed by atoms with van der Waals surface area (Å²) in [6.45, 7) is 11.9. The van der Waals surface area contributed by atoms with Gasteiger partial charge in [-0.25, -0.2) is 4.98 Å². The van der Waals surface area contributed by atoms with Crippen LogP contribution >= 0.6 is 0 Å². The molecular weight excluding hydrogens is 258 g/mol. The normalized spacial score (nSPS) is 11.5. The summed E-state index contributed by atoms with van der Waals surface area (Å²) >= 11 is 0. The third-order valence-electron chi connectivity index (χ3n) is 3.86. The molecule has 0 radical (unpaired) electrons. The first-order valence-corrected chi connectivity index (χ1v) is 8.02. The Morgan fingerprint density at radius 1 is 1.19 bits per heavy atom. The summed E-state index contributed by atoms with van der Waals surface area (Å²) in [5.74, 6) is 1.04. The van der Waals surface area contributed by atoms with Crippen molar-refractivity contribution in [3.8, 4) is 0 Å². The molecule has 0 spiro atoms. The smallest absolute Gasteiger partial charge is 0.131 e. The van der Waals surface area contributed by atoms with E-state index in [-0.39, 0.29) is 0 Å². The van der Waals surface area contributed by atoms with Gasteiger partial charge in [-0.15, -0.1) is 0 Å². The van der Waals surface area contributed by atoms with Crippen LogP contribution in [0, 0.1) is 0 Å². The Morgan fingerprint density at radius 3 is 2.62 bits per heavy atom. The van der Waals surface area contributed by atoms with Crippen molar-refractivity contribution in [1.82, 2.24) is 9.88 Å². The van der Waals surface area contributed by atoms with Crippen LogP contribution in [0.1, 0.15) is 39.7 Å². The number of anilines is 1. The standard InChI is InChI=1S/C18H27N3/c1-5-11-19-18-16(13-21(6-2)14(3)4)12-15-9-7-8-10-17(15)20-18/h7-10,12,14H,5-6,11,13H2,1-4H3,(H,19,20). The predicted octanol–water partition coefficient (Wildman–Crippen LogP) is 4.29. The molecule has 1 aromatic carbocycles. The first-order chi connectivity index (χ1) is 10.2. The van der Waals surface area contributed by atoms with Crippen LogP contribution in [0.4, 0.5) is 5.82 Å². The second kappa shape index (κ2) is 7.41. The molecule has 0 fully saturated rings. The maximum absolute atomic E-state index is 4.82. The number of rotatable bonds is 7. The van der Waals surface area contributed by atoms with Crippen molar-refractivity contribution in [3.05, 3.63) is 35.9 Å².